The lowest BCUT2D eigenvalue weighted by Crippen LogP contribution is -2.37. The Morgan fingerprint density at radius 3 is 2.90 bits per heavy atom. The van der Waals surface area contributed by atoms with Crippen molar-refractivity contribution in [1.29, 1.82) is 0 Å². The van der Waals surface area contributed by atoms with Gasteiger partial charge >= 0.3 is 0 Å². The molecule has 0 aromatic heterocycles. The quantitative estimate of drug-likeness (QED) is 0.632. The maximum atomic E-state index is 11.7. The first kappa shape index (κ1) is 16.5. The highest BCUT2D eigenvalue weighted by atomic mass is 16.8. The second-order valence-electron chi connectivity index (χ2n) is 4.99. The standard InChI is InChI=1S/C13H20N3O4/c1-3-8-13(2,18)9-12(17)15-14-10-6-4-5-7-11(10)16(19)20/h4-7,11,18-19H,3,8-9H2,1-2H3,(H,15,17)/q-1. The van der Waals surface area contributed by atoms with Crippen LogP contribution in [0.25, 0.3) is 0 Å². The van der Waals surface area contributed by atoms with Crippen molar-refractivity contribution in [2.24, 2.45) is 5.10 Å². The first-order valence-corrected chi connectivity index (χ1v) is 6.44. The molecule has 0 saturated heterocycles. The lowest BCUT2D eigenvalue weighted by atomic mass is 9.96. The Kier molecular flexibility index (Phi) is 6.03. The molecular weight excluding hydrogens is 262 g/mol. The van der Waals surface area contributed by atoms with Crippen molar-refractivity contribution in [3.63, 3.8) is 0 Å². The zero-order valence-corrected chi connectivity index (χ0v) is 11.6. The number of nitrogens with zero attached hydrogens (tertiary/aromatic N) is 2. The summed E-state index contributed by atoms with van der Waals surface area (Å²) in [7, 11) is 0. The molecule has 1 aliphatic rings. The van der Waals surface area contributed by atoms with E-state index >= 15 is 0 Å². The van der Waals surface area contributed by atoms with E-state index in [2.05, 4.69) is 10.5 Å². The molecule has 0 radical (unpaired) electrons. The van der Waals surface area contributed by atoms with E-state index in [1.165, 1.54) is 12.2 Å². The van der Waals surface area contributed by atoms with Crippen LogP contribution in [0, 0.1) is 5.21 Å². The SMILES string of the molecule is CCCC(C)(O)CC(=O)NN=C1C=CC=CC1N([O-])O. The average Bonchev–Trinajstić information content (AvgIpc) is 2.35. The summed E-state index contributed by atoms with van der Waals surface area (Å²) in [6.07, 6.45) is 7.38. The zero-order chi connectivity index (χ0) is 15.2. The zero-order valence-electron chi connectivity index (χ0n) is 11.6. The number of nitrogens with one attached hydrogen (secondary N) is 1. The maximum Gasteiger partial charge on any atom is 0.242 e. The van der Waals surface area contributed by atoms with Gasteiger partial charge in [0.15, 0.2) is 0 Å². The highest BCUT2D eigenvalue weighted by Crippen LogP contribution is 2.16. The van der Waals surface area contributed by atoms with Gasteiger partial charge in [-0.15, -0.1) is 0 Å². The molecule has 0 fully saturated rings. The van der Waals surface area contributed by atoms with Gasteiger partial charge in [0.2, 0.25) is 5.91 Å². The van der Waals surface area contributed by atoms with Gasteiger partial charge in [-0.3, -0.25) is 10.0 Å². The molecule has 7 heteroatoms. The number of hydrogen-bond acceptors (Lipinski definition) is 6. The van der Waals surface area contributed by atoms with Crippen LogP contribution < -0.4 is 5.43 Å². The van der Waals surface area contributed by atoms with E-state index in [0.717, 1.165) is 6.42 Å². The van der Waals surface area contributed by atoms with E-state index in [4.69, 9.17) is 5.21 Å². The van der Waals surface area contributed by atoms with Gasteiger partial charge in [0.25, 0.3) is 0 Å². The summed E-state index contributed by atoms with van der Waals surface area (Å²) >= 11 is 0. The minimum Gasteiger partial charge on any atom is -0.761 e. The Bertz CT molecular complexity index is 427. The number of carbonyl (C=O) groups is 1. The molecule has 1 rings (SSSR count). The van der Waals surface area contributed by atoms with Crippen molar-refractivity contribution in [2.75, 3.05) is 0 Å². The fourth-order valence-electron chi connectivity index (χ4n) is 1.95. The third kappa shape index (κ3) is 5.22. The van der Waals surface area contributed by atoms with Crippen molar-refractivity contribution in [3.8, 4) is 0 Å². The van der Waals surface area contributed by atoms with Crippen LogP contribution in [0.3, 0.4) is 0 Å². The normalized spacial score (nSPS) is 23.1. The minimum atomic E-state index is -1.08. The predicted octanol–water partition coefficient (Wildman–Crippen LogP) is 1.08. The second-order valence-corrected chi connectivity index (χ2v) is 4.99. The van der Waals surface area contributed by atoms with E-state index in [1.807, 2.05) is 6.92 Å². The van der Waals surface area contributed by atoms with Crippen molar-refractivity contribution in [1.82, 2.24) is 10.7 Å². The van der Waals surface area contributed by atoms with Gasteiger partial charge in [-0.25, -0.2) is 5.43 Å². The first-order chi connectivity index (χ1) is 9.35. The number of carbonyl (C=O) groups excluding carboxylic acids is 1. The summed E-state index contributed by atoms with van der Waals surface area (Å²) in [5.74, 6) is -0.451. The van der Waals surface area contributed by atoms with Crippen LogP contribution >= 0.6 is 0 Å². The number of rotatable bonds is 6. The van der Waals surface area contributed by atoms with Crippen LogP contribution in [0.15, 0.2) is 29.4 Å². The molecule has 0 aromatic carbocycles. The highest BCUT2D eigenvalue weighted by Gasteiger charge is 2.23. The average molecular weight is 282 g/mol. The molecule has 20 heavy (non-hydrogen) atoms. The number of hydroxylamine groups is 2. The monoisotopic (exact) mass is 282 g/mol. The van der Waals surface area contributed by atoms with Gasteiger partial charge in [0.1, 0.15) is 0 Å². The maximum absolute atomic E-state index is 11.7. The Morgan fingerprint density at radius 1 is 1.60 bits per heavy atom. The van der Waals surface area contributed by atoms with Crippen molar-refractivity contribution < 1.29 is 15.1 Å². The Balaban J connectivity index is 2.60. The molecule has 2 unspecified atom stereocenters. The third-order valence-electron chi connectivity index (χ3n) is 2.85. The van der Waals surface area contributed by atoms with Gasteiger partial charge in [0, 0.05) is 0 Å². The summed E-state index contributed by atoms with van der Waals surface area (Å²) in [6, 6.07) is -0.948. The van der Waals surface area contributed by atoms with Gasteiger partial charge in [0.05, 0.1) is 23.8 Å². The van der Waals surface area contributed by atoms with Gasteiger partial charge in [-0.2, -0.15) is 5.10 Å². The number of amides is 1. The Hall–Kier alpha value is -1.54. The topological polar surface area (TPSA) is 108 Å². The van der Waals surface area contributed by atoms with Gasteiger partial charge in [-0.05, 0) is 19.4 Å². The van der Waals surface area contributed by atoms with Crippen LogP contribution in [0.5, 0.6) is 0 Å². The Morgan fingerprint density at radius 2 is 2.30 bits per heavy atom. The summed E-state index contributed by atoms with van der Waals surface area (Å²) in [5.41, 5.74) is 1.41. The van der Waals surface area contributed by atoms with Crippen molar-refractivity contribution >= 4 is 11.6 Å². The first-order valence-electron chi connectivity index (χ1n) is 6.44. The second kappa shape index (κ2) is 7.30. The minimum absolute atomic E-state index is 0.0813. The molecule has 7 nitrogen and oxygen atoms in total. The molecule has 3 N–H and O–H groups in total. The summed E-state index contributed by atoms with van der Waals surface area (Å²) < 4.78 is 0. The van der Waals surface area contributed by atoms with Gasteiger partial charge in [-0.1, -0.05) is 31.6 Å². The van der Waals surface area contributed by atoms with Crippen LogP contribution in [-0.4, -0.2) is 38.8 Å². The summed E-state index contributed by atoms with van der Waals surface area (Å²) in [4.78, 5) is 11.7. The molecule has 0 heterocycles. The molecule has 2 atom stereocenters. The largest absolute Gasteiger partial charge is 0.761 e. The molecule has 0 aromatic rings. The molecule has 0 bridgehead atoms. The lowest BCUT2D eigenvalue weighted by Gasteiger charge is -2.29. The Labute approximate surface area is 117 Å². The number of aliphatic hydroxyl groups is 1. The molecule has 1 aliphatic carbocycles. The van der Waals surface area contributed by atoms with E-state index in [9.17, 15) is 15.1 Å². The predicted molar refractivity (Wildman–Crippen MR) is 74.8 cm³/mol. The number of allylic oxidation sites excluding steroid dienone is 2. The smallest absolute Gasteiger partial charge is 0.242 e. The van der Waals surface area contributed by atoms with E-state index in [1.54, 1.807) is 19.1 Å². The number of hydrogen-bond donors (Lipinski definition) is 3. The third-order valence-corrected chi connectivity index (χ3v) is 2.85. The van der Waals surface area contributed by atoms with E-state index in [-0.39, 0.29) is 17.4 Å². The molecule has 0 aliphatic heterocycles. The summed E-state index contributed by atoms with van der Waals surface area (Å²) in [5, 5.41) is 33.3. The number of hydrazone groups is 1. The van der Waals surface area contributed by atoms with Crippen molar-refractivity contribution in [3.05, 3.63) is 29.5 Å². The fraction of sp³-hybridized carbons (Fsp3) is 0.538. The molecular formula is C13H20N3O4-. The highest BCUT2D eigenvalue weighted by molar-refractivity contribution is 6.02. The molecule has 0 saturated carbocycles. The van der Waals surface area contributed by atoms with Crippen LogP contribution in [0.1, 0.15) is 33.1 Å². The van der Waals surface area contributed by atoms with Crippen LogP contribution in [0.4, 0.5) is 0 Å². The molecule has 1 amide bonds. The summed E-state index contributed by atoms with van der Waals surface area (Å²) in [6.45, 7) is 3.50. The van der Waals surface area contributed by atoms with Crippen LogP contribution in [-0.2, 0) is 4.79 Å². The lowest BCUT2D eigenvalue weighted by molar-refractivity contribution is -0.125. The molecule has 0 spiro atoms. The van der Waals surface area contributed by atoms with E-state index < -0.39 is 17.6 Å². The fourth-order valence-corrected chi connectivity index (χ4v) is 1.95. The van der Waals surface area contributed by atoms with Crippen LogP contribution in [0.2, 0.25) is 0 Å². The van der Waals surface area contributed by atoms with Gasteiger partial charge < -0.3 is 15.5 Å². The van der Waals surface area contributed by atoms with Crippen molar-refractivity contribution in [2.45, 2.75) is 44.8 Å². The van der Waals surface area contributed by atoms with E-state index in [0.29, 0.717) is 6.42 Å². The molecule has 112 valence electrons.